The second-order valence-electron chi connectivity index (χ2n) is 6.86. The van der Waals surface area contributed by atoms with E-state index in [1.54, 1.807) is 17.8 Å². The summed E-state index contributed by atoms with van der Waals surface area (Å²) in [4.78, 5) is 16.8. The molecule has 3 aromatic rings. The zero-order chi connectivity index (χ0) is 19.2. The zero-order valence-corrected chi connectivity index (χ0v) is 16.8. The largest absolute Gasteiger partial charge is 0.351 e. The van der Waals surface area contributed by atoms with Crippen molar-refractivity contribution in [3.63, 3.8) is 0 Å². The first-order valence-corrected chi connectivity index (χ1v) is 10.4. The maximum atomic E-state index is 12.4. The van der Waals surface area contributed by atoms with Crippen molar-refractivity contribution < 1.29 is 4.79 Å². The molecule has 0 atom stereocenters. The van der Waals surface area contributed by atoms with E-state index in [-0.39, 0.29) is 5.91 Å². The maximum Gasteiger partial charge on any atom is 0.269 e. The van der Waals surface area contributed by atoms with E-state index in [4.69, 9.17) is 0 Å². The van der Waals surface area contributed by atoms with Crippen LogP contribution in [-0.2, 0) is 13.0 Å². The van der Waals surface area contributed by atoms with Gasteiger partial charge in [0.05, 0.1) is 5.52 Å². The monoisotopic (exact) mass is 383 g/mol. The lowest BCUT2D eigenvalue weighted by Crippen LogP contribution is -2.26. The van der Waals surface area contributed by atoms with Crippen molar-refractivity contribution in [2.75, 3.05) is 12.8 Å². The summed E-state index contributed by atoms with van der Waals surface area (Å²) in [5.41, 5.74) is 1.28. The van der Waals surface area contributed by atoms with Gasteiger partial charge in [0.25, 0.3) is 5.91 Å². The van der Waals surface area contributed by atoms with Crippen molar-refractivity contribution in [1.82, 2.24) is 25.1 Å². The van der Waals surface area contributed by atoms with Gasteiger partial charge in [-0.25, -0.2) is 4.98 Å². The minimum Gasteiger partial charge on any atom is -0.351 e. The third-order valence-electron chi connectivity index (χ3n) is 4.22. The fourth-order valence-corrected chi connectivity index (χ4v) is 3.46. The number of thioether (sulfide) groups is 1. The number of amides is 1. The zero-order valence-electron chi connectivity index (χ0n) is 16.0. The van der Waals surface area contributed by atoms with Crippen LogP contribution in [0.15, 0.2) is 41.6 Å². The standard InChI is InChI=1S/C20H25N5OS/c1-14(2)13-25-18(23-24-20(25)27-3)9-6-12-21-19(26)17-11-10-15-7-4-5-8-16(15)22-17/h4-5,7-8,10-11,14H,6,9,12-13H2,1-3H3,(H,21,26). The Kier molecular flexibility index (Phi) is 6.45. The lowest BCUT2D eigenvalue weighted by Gasteiger charge is -2.11. The second kappa shape index (κ2) is 8.99. The molecule has 0 saturated carbocycles. The number of hydrogen-bond acceptors (Lipinski definition) is 5. The summed E-state index contributed by atoms with van der Waals surface area (Å²) in [5.74, 6) is 1.37. The molecule has 0 saturated heterocycles. The van der Waals surface area contributed by atoms with Crippen LogP contribution in [0, 0.1) is 5.92 Å². The summed E-state index contributed by atoms with van der Waals surface area (Å²) in [6.45, 7) is 5.86. The summed E-state index contributed by atoms with van der Waals surface area (Å²) in [5, 5.41) is 13.5. The summed E-state index contributed by atoms with van der Waals surface area (Å²) in [7, 11) is 0. The van der Waals surface area contributed by atoms with E-state index in [0.717, 1.165) is 41.3 Å². The molecular formula is C20H25N5OS. The summed E-state index contributed by atoms with van der Waals surface area (Å²) < 4.78 is 2.18. The Labute approximate surface area is 163 Å². The van der Waals surface area contributed by atoms with Crippen LogP contribution >= 0.6 is 11.8 Å². The molecular weight excluding hydrogens is 358 g/mol. The average Bonchev–Trinajstić information content (AvgIpc) is 3.05. The van der Waals surface area contributed by atoms with Gasteiger partial charge in [-0.05, 0) is 30.7 Å². The van der Waals surface area contributed by atoms with Gasteiger partial charge in [0.15, 0.2) is 5.16 Å². The predicted octanol–water partition coefficient (Wildman–Crippen LogP) is 3.57. The smallest absolute Gasteiger partial charge is 0.269 e. The van der Waals surface area contributed by atoms with E-state index in [9.17, 15) is 4.79 Å². The molecule has 142 valence electrons. The molecule has 0 fully saturated rings. The summed E-state index contributed by atoms with van der Waals surface area (Å²) >= 11 is 1.61. The number of nitrogens with one attached hydrogen (secondary N) is 1. The Hall–Kier alpha value is -2.41. The van der Waals surface area contributed by atoms with Crippen molar-refractivity contribution in [2.24, 2.45) is 5.92 Å². The third-order valence-corrected chi connectivity index (χ3v) is 4.88. The van der Waals surface area contributed by atoms with Crippen LogP contribution in [-0.4, -0.2) is 38.5 Å². The molecule has 0 spiro atoms. The van der Waals surface area contributed by atoms with Crippen LogP contribution in [0.25, 0.3) is 10.9 Å². The molecule has 6 nitrogen and oxygen atoms in total. The minimum absolute atomic E-state index is 0.144. The molecule has 3 rings (SSSR count). The Bertz CT molecular complexity index is 922. The lowest BCUT2D eigenvalue weighted by atomic mass is 10.2. The van der Waals surface area contributed by atoms with Gasteiger partial charge in [-0.3, -0.25) is 4.79 Å². The molecule has 2 aromatic heterocycles. The van der Waals surface area contributed by atoms with Crippen molar-refractivity contribution in [1.29, 1.82) is 0 Å². The Morgan fingerprint density at radius 2 is 2.00 bits per heavy atom. The number of hydrogen-bond donors (Lipinski definition) is 1. The van der Waals surface area contributed by atoms with Gasteiger partial charge >= 0.3 is 0 Å². The van der Waals surface area contributed by atoms with Gasteiger partial charge in [-0.15, -0.1) is 10.2 Å². The Morgan fingerprint density at radius 3 is 2.78 bits per heavy atom. The SMILES string of the molecule is CSc1nnc(CCCNC(=O)c2ccc3ccccc3n2)n1CC(C)C. The van der Waals surface area contributed by atoms with Gasteiger partial charge < -0.3 is 9.88 Å². The van der Waals surface area contributed by atoms with Crippen molar-refractivity contribution in [3.05, 3.63) is 47.9 Å². The molecule has 1 amide bonds. The highest BCUT2D eigenvalue weighted by Crippen LogP contribution is 2.17. The first-order chi connectivity index (χ1) is 13.1. The molecule has 0 aliphatic rings. The number of para-hydroxylation sites is 1. The van der Waals surface area contributed by atoms with Crippen LogP contribution < -0.4 is 5.32 Å². The number of benzene rings is 1. The van der Waals surface area contributed by atoms with E-state index >= 15 is 0 Å². The molecule has 1 aromatic carbocycles. The molecule has 1 N–H and O–H groups in total. The normalized spacial score (nSPS) is 11.3. The lowest BCUT2D eigenvalue weighted by molar-refractivity contribution is 0.0948. The minimum atomic E-state index is -0.144. The van der Waals surface area contributed by atoms with Crippen molar-refractivity contribution >= 4 is 28.6 Å². The molecule has 0 bridgehead atoms. The van der Waals surface area contributed by atoms with E-state index in [2.05, 4.69) is 38.9 Å². The van der Waals surface area contributed by atoms with Crippen molar-refractivity contribution in [3.8, 4) is 0 Å². The number of carbonyl (C=O) groups excluding carboxylic acids is 1. The number of carbonyl (C=O) groups is 1. The molecule has 7 heteroatoms. The van der Waals surface area contributed by atoms with Gasteiger partial charge in [0, 0.05) is 24.9 Å². The first-order valence-electron chi connectivity index (χ1n) is 9.18. The fraction of sp³-hybridized carbons (Fsp3) is 0.400. The molecule has 0 aliphatic heterocycles. The van der Waals surface area contributed by atoms with Crippen LogP contribution in [0.4, 0.5) is 0 Å². The van der Waals surface area contributed by atoms with Crippen LogP contribution in [0.1, 0.15) is 36.6 Å². The number of aryl methyl sites for hydroxylation is 1. The summed E-state index contributed by atoms with van der Waals surface area (Å²) in [6, 6.07) is 11.5. The highest BCUT2D eigenvalue weighted by Gasteiger charge is 2.13. The number of pyridine rings is 1. The fourth-order valence-electron chi connectivity index (χ4n) is 2.93. The van der Waals surface area contributed by atoms with Gasteiger partial charge in [0.1, 0.15) is 11.5 Å². The number of nitrogens with zero attached hydrogens (tertiary/aromatic N) is 4. The third kappa shape index (κ3) is 4.86. The number of rotatable bonds is 8. The highest BCUT2D eigenvalue weighted by molar-refractivity contribution is 7.98. The predicted molar refractivity (Wildman–Crippen MR) is 109 cm³/mol. The maximum absolute atomic E-state index is 12.4. The molecule has 0 aliphatic carbocycles. The first kappa shape index (κ1) is 19.4. The molecule has 0 unspecified atom stereocenters. The van der Waals surface area contributed by atoms with E-state index < -0.39 is 0 Å². The Morgan fingerprint density at radius 1 is 1.19 bits per heavy atom. The van der Waals surface area contributed by atoms with E-state index in [1.807, 2.05) is 36.6 Å². The van der Waals surface area contributed by atoms with Crippen LogP contribution in [0.2, 0.25) is 0 Å². The molecule has 2 heterocycles. The van der Waals surface area contributed by atoms with Gasteiger partial charge in [0.2, 0.25) is 0 Å². The van der Waals surface area contributed by atoms with Crippen molar-refractivity contribution in [2.45, 2.75) is 38.4 Å². The Balaban J connectivity index is 1.55. The second-order valence-corrected chi connectivity index (χ2v) is 7.63. The molecule has 0 radical (unpaired) electrons. The van der Waals surface area contributed by atoms with Crippen LogP contribution in [0.5, 0.6) is 0 Å². The number of aromatic nitrogens is 4. The number of fused-ring (bicyclic) bond motifs is 1. The van der Waals surface area contributed by atoms with Gasteiger partial charge in [-0.2, -0.15) is 0 Å². The molecule has 27 heavy (non-hydrogen) atoms. The quantitative estimate of drug-likeness (QED) is 0.476. The van der Waals surface area contributed by atoms with Gasteiger partial charge in [-0.1, -0.05) is 49.9 Å². The highest BCUT2D eigenvalue weighted by atomic mass is 32.2. The van der Waals surface area contributed by atoms with E-state index in [1.165, 1.54) is 0 Å². The summed E-state index contributed by atoms with van der Waals surface area (Å²) in [6.07, 6.45) is 3.61. The van der Waals surface area contributed by atoms with E-state index in [0.29, 0.717) is 18.2 Å². The van der Waals surface area contributed by atoms with Crippen LogP contribution in [0.3, 0.4) is 0 Å². The average molecular weight is 384 g/mol. The topological polar surface area (TPSA) is 72.7 Å².